The number of H-pyrrole nitrogens is 2. The number of aromatic amines is 2. The number of carboxylic acid groups (broad SMARTS) is 2. The number of nitro groups is 4. The second-order valence-corrected chi connectivity index (χ2v) is 9.44. The van der Waals surface area contributed by atoms with E-state index in [1.165, 1.54) is 0 Å². The zero-order chi connectivity index (χ0) is 32.0. The van der Waals surface area contributed by atoms with Crippen LogP contribution in [0.4, 0.5) is 22.7 Å². The van der Waals surface area contributed by atoms with Crippen molar-refractivity contribution < 1.29 is 39.5 Å². The number of benzene rings is 2. The molecule has 4 aromatic rings. The minimum absolute atomic E-state index is 0.490. The van der Waals surface area contributed by atoms with Gasteiger partial charge in [-0.15, -0.1) is 0 Å². The van der Waals surface area contributed by atoms with Crippen molar-refractivity contribution in [3.8, 4) is 0 Å². The molecule has 22 heteroatoms. The number of non-ortho nitro benzene ring substituents is 4. The largest absolute Gasteiger partial charge is 0.478 e. The normalized spacial score (nSPS) is 9.38. The predicted octanol–water partition coefficient (Wildman–Crippen LogP) is 4.43. The van der Waals surface area contributed by atoms with Gasteiger partial charge in [-0.05, 0) is 45.2 Å². The van der Waals surface area contributed by atoms with Gasteiger partial charge in [-0.3, -0.25) is 50.7 Å². The van der Waals surface area contributed by atoms with E-state index in [9.17, 15) is 50.0 Å². The van der Waals surface area contributed by atoms with E-state index in [2.05, 4.69) is 65.6 Å². The summed E-state index contributed by atoms with van der Waals surface area (Å²) in [5, 5.41) is 71.2. The van der Waals surface area contributed by atoms with Gasteiger partial charge in [0, 0.05) is 36.7 Å². The summed E-state index contributed by atoms with van der Waals surface area (Å²) in [6.45, 7) is 0. The van der Waals surface area contributed by atoms with Gasteiger partial charge in [0.2, 0.25) is 0 Å². The molecule has 0 radical (unpaired) electrons. The molecular formula is C20H14I2N8O12. The Morgan fingerprint density at radius 1 is 0.595 bits per heavy atom. The molecule has 42 heavy (non-hydrogen) atoms. The van der Waals surface area contributed by atoms with Gasteiger partial charge >= 0.3 is 11.9 Å². The van der Waals surface area contributed by atoms with Crippen LogP contribution in [0.5, 0.6) is 0 Å². The van der Waals surface area contributed by atoms with Crippen molar-refractivity contribution >= 4 is 79.9 Å². The summed E-state index contributed by atoms with van der Waals surface area (Å²) < 4.78 is 2.29. The Kier molecular flexibility index (Phi) is 14.0. The Bertz CT molecular complexity index is 1300. The molecule has 0 amide bonds. The standard InChI is InChI=1S/2C7H4N2O6.2C3H3IN2/c2*10-7(11)4-1-5(8(12)13)3-6(2-4)9(14)15;2*4-3-1-5-6-2-3/h2*1-3H,(H,10,11);2*1-2H,(H,5,6). The third-order valence-electron chi connectivity index (χ3n) is 4.07. The highest BCUT2D eigenvalue weighted by Gasteiger charge is 2.20. The number of hydrogen-bond acceptors (Lipinski definition) is 12. The van der Waals surface area contributed by atoms with E-state index in [1.807, 2.05) is 12.4 Å². The minimum atomic E-state index is -1.46. The quantitative estimate of drug-likeness (QED) is 0.119. The highest BCUT2D eigenvalue weighted by molar-refractivity contribution is 14.1. The summed E-state index contributed by atoms with van der Waals surface area (Å²) in [6, 6.07) is 4.44. The third-order valence-corrected chi connectivity index (χ3v) is 5.25. The van der Waals surface area contributed by atoms with Crippen LogP contribution in [-0.2, 0) is 0 Å². The van der Waals surface area contributed by atoms with Crippen molar-refractivity contribution in [2.75, 3.05) is 0 Å². The van der Waals surface area contributed by atoms with Crippen molar-refractivity contribution in [1.29, 1.82) is 0 Å². The van der Waals surface area contributed by atoms with Crippen LogP contribution >= 0.6 is 45.2 Å². The number of nitro benzene ring substituents is 4. The Morgan fingerprint density at radius 2 is 0.857 bits per heavy atom. The molecular weight excluding hydrogens is 798 g/mol. The number of aromatic carboxylic acids is 2. The highest BCUT2D eigenvalue weighted by Crippen LogP contribution is 2.23. The third kappa shape index (κ3) is 12.4. The van der Waals surface area contributed by atoms with E-state index in [0.717, 1.165) is 31.4 Å². The van der Waals surface area contributed by atoms with Crippen molar-refractivity contribution in [3.63, 3.8) is 0 Å². The maximum absolute atomic E-state index is 10.5. The second-order valence-electron chi connectivity index (χ2n) is 6.95. The minimum Gasteiger partial charge on any atom is -0.478 e. The number of halogens is 2. The molecule has 0 aliphatic heterocycles. The van der Waals surface area contributed by atoms with E-state index in [-0.39, 0.29) is 0 Å². The van der Waals surface area contributed by atoms with E-state index in [4.69, 9.17) is 10.2 Å². The van der Waals surface area contributed by atoms with Crippen LogP contribution in [0.2, 0.25) is 0 Å². The van der Waals surface area contributed by atoms with Crippen molar-refractivity contribution in [1.82, 2.24) is 20.4 Å². The maximum atomic E-state index is 10.5. The first kappa shape index (κ1) is 34.9. The molecule has 20 nitrogen and oxygen atoms in total. The average Bonchev–Trinajstić information content (AvgIpc) is 3.62. The number of nitrogens with zero attached hydrogens (tertiary/aromatic N) is 6. The zero-order valence-corrected chi connectivity index (χ0v) is 24.5. The number of nitrogens with one attached hydrogen (secondary N) is 2. The number of aromatic nitrogens is 4. The number of carboxylic acids is 2. The summed E-state index contributed by atoms with van der Waals surface area (Å²) in [5.41, 5.74) is -3.47. The van der Waals surface area contributed by atoms with Gasteiger partial charge in [0.05, 0.1) is 62.5 Å². The van der Waals surface area contributed by atoms with Crippen LogP contribution in [0.1, 0.15) is 20.7 Å². The molecule has 0 spiro atoms. The van der Waals surface area contributed by atoms with Crippen molar-refractivity contribution in [2.24, 2.45) is 0 Å². The van der Waals surface area contributed by atoms with Crippen LogP contribution in [0, 0.1) is 47.6 Å². The van der Waals surface area contributed by atoms with Crippen molar-refractivity contribution in [2.45, 2.75) is 0 Å². The number of rotatable bonds is 6. The lowest BCUT2D eigenvalue weighted by Crippen LogP contribution is -2.00. The first-order valence-corrected chi connectivity index (χ1v) is 12.4. The molecule has 0 bridgehead atoms. The smallest absolute Gasteiger partial charge is 0.336 e. The van der Waals surface area contributed by atoms with Gasteiger partial charge in [0.25, 0.3) is 22.7 Å². The average molecular weight is 812 g/mol. The highest BCUT2D eigenvalue weighted by atomic mass is 127. The lowest BCUT2D eigenvalue weighted by Gasteiger charge is -1.96. The van der Waals surface area contributed by atoms with E-state index in [0.29, 0.717) is 12.1 Å². The van der Waals surface area contributed by atoms with Crippen LogP contribution < -0.4 is 0 Å². The summed E-state index contributed by atoms with van der Waals surface area (Å²) in [6.07, 6.45) is 7.20. The Balaban J connectivity index is 0.000000303. The summed E-state index contributed by atoms with van der Waals surface area (Å²) >= 11 is 4.36. The monoisotopic (exact) mass is 812 g/mol. The number of hydrogen-bond donors (Lipinski definition) is 4. The molecule has 0 saturated carbocycles. The molecule has 0 atom stereocenters. The van der Waals surface area contributed by atoms with Crippen LogP contribution in [0.25, 0.3) is 0 Å². The van der Waals surface area contributed by atoms with Crippen LogP contribution in [0.3, 0.4) is 0 Å². The van der Waals surface area contributed by atoms with Gasteiger partial charge < -0.3 is 10.2 Å². The molecule has 0 aliphatic rings. The van der Waals surface area contributed by atoms with Gasteiger partial charge in [-0.2, -0.15) is 10.2 Å². The van der Waals surface area contributed by atoms with Crippen LogP contribution in [0.15, 0.2) is 61.2 Å². The maximum Gasteiger partial charge on any atom is 0.336 e. The number of carbonyl (C=O) groups is 2. The van der Waals surface area contributed by atoms with E-state index in [1.54, 1.807) is 12.4 Å². The first-order valence-electron chi connectivity index (χ1n) is 10.2. The molecule has 0 saturated heterocycles. The van der Waals surface area contributed by atoms with Gasteiger partial charge in [0.15, 0.2) is 0 Å². The molecule has 4 N–H and O–H groups in total. The fourth-order valence-electron chi connectivity index (χ4n) is 2.33. The molecule has 0 fully saturated rings. The lowest BCUT2D eigenvalue weighted by molar-refractivity contribution is -0.394. The fraction of sp³-hybridized carbons (Fsp3) is 0. The molecule has 220 valence electrons. The summed E-state index contributed by atoms with van der Waals surface area (Å²) in [7, 11) is 0. The Hall–Kier alpha value is -5.14. The second kappa shape index (κ2) is 16.8. The Morgan fingerprint density at radius 3 is 0.976 bits per heavy atom. The van der Waals surface area contributed by atoms with Crippen molar-refractivity contribution in [3.05, 3.63) is 120 Å². The fourth-order valence-corrected chi connectivity index (χ4v) is 2.89. The lowest BCUT2D eigenvalue weighted by atomic mass is 10.2. The van der Waals surface area contributed by atoms with E-state index < -0.39 is 65.5 Å². The Labute approximate surface area is 258 Å². The molecule has 4 rings (SSSR count). The summed E-state index contributed by atoms with van der Waals surface area (Å²) in [4.78, 5) is 58.8. The van der Waals surface area contributed by atoms with Gasteiger partial charge in [-0.1, -0.05) is 0 Å². The molecule has 0 aliphatic carbocycles. The molecule has 2 heterocycles. The van der Waals surface area contributed by atoms with Gasteiger partial charge in [-0.25, -0.2) is 9.59 Å². The predicted molar refractivity (Wildman–Crippen MR) is 156 cm³/mol. The first-order chi connectivity index (χ1) is 19.6. The topological polar surface area (TPSA) is 305 Å². The SMILES string of the molecule is Ic1cn[nH]c1.Ic1cn[nH]c1.O=C(O)c1cc([N+](=O)[O-])cc([N+](=O)[O-])c1.O=C(O)c1cc([N+](=O)[O-])cc([N+](=O)[O-])c1. The molecule has 0 unspecified atom stereocenters. The molecule has 2 aromatic carbocycles. The summed E-state index contributed by atoms with van der Waals surface area (Å²) in [5.74, 6) is -2.91. The van der Waals surface area contributed by atoms with Crippen LogP contribution in [-0.4, -0.2) is 62.2 Å². The molecule has 2 aromatic heterocycles. The zero-order valence-electron chi connectivity index (χ0n) is 20.2. The van der Waals surface area contributed by atoms with Gasteiger partial charge in [0.1, 0.15) is 0 Å². The van der Waals surface area contributed by atoms with E-state index >= 15 is 0 Å².